The van der Waals surface area contributed by atoms with Gasteiger partial charge in [0.1, 0.15) is 0 Å². The normalized spacial score (nSPS) is 24.7. The Labute approximate surface area is 141 Å². The maximum atomic E-state index is 12.3. The van der Waals surface area contributed by atoms with Gasteiger partial charge in [0.05, 0.1) is 6.61 Å². The molecule has 0 spiro atoms. The zero-order valence-electron chi connectivity index (χ0n) is 12.7. The fourth-order valence-electron chi connectivity index (χ4n) is 2.55. The van der Waals surface area contributed by atoms with Crippen molar-refractivity contribution in [2.24, 2.45) is 4.99 Å². The van der Waals surface area contributed by atoms with Crippen molar-refractivity contribution in [1.29, 1.82) is 0 Å². The second-order valence-electron chi connectivity index (χ2n) is 4.70. The molecule has 5 amide bonds. The molecule has 14 nitrogen and oxygen atoms in total. The van der Waals surface area contributed by atoms with E-state index in [1.165, 1.54) is 13.8 Å². The van der Waals surface area contributed by atoms with E-state index in [-0.39, 0.29) is 11.7 Å². The number of hydrogen-bond acceptors (Lipinski definition) is 8. The Morgan fingerprint density at radius 1 is 1.08 bits per heavy atom. The van der Waals surface area contributed by atoms with Crippen molar-refractivity contribution in [3.8, 4) is 0 Å². The van der Waals surface area contributed by atoms with E-state index >= 15 is 0 Å². The first-order valence-corrected chi connectivity index (χ1v) is 9.33. The van der Waals surface area contributed by atoms with Crippen LogP contribution in [0.2, 0.25) is 0 Å². The van der Waals surface area contributed by atoms with Crippen LogP contribution in [0.1, 0.15) is 20.3 Å². The smallest absolute Gasteiger partial charge is 0.269 e. The molecule has 0 aromatic heterocycles. The van der Waals surface area contributed by atoms with Crippen LogP contribution in [0, 0.1) is 0 Å². The van der Waals surface area contributed by atoms with Gasteiger partial charge in [0.15, 0.2) is 5.71 Å². The molecule has 25 heavy (non-hydrogen) atoms. The van der Waals surface area contributed by atoms with E-state index in [1.54, 1.807) is 0 Å². The molecule has 2 aliphatic heterocycles. The number of rotatable bonds is 5. The number of hydrogen-bond donors (Lipinski definition) is 2. The molecule has 1 unspecified atom stereocenters. The Balaban J connectivity index is 2.86. The highest BCUT2D eigenvalue weighted by atomic mass is 32.2. The Kier molecular flexibility index (Phi) is 4.37. The Morgan fingerprint density at radius 2 is 1.64 bits per heavy atom. The fraction of sp³-hybridized carbons (Fsp3) is 0.556. The van der Waals surface area contributed by atoms with Crippen molar-refractivity contribution in [2.45, 2.75) is 25.9 Å². The summed E-state index contributed by atoms with van der Waals surface area (Å²) in [4.78, 5) is 44.8. The van der Waals surface area contributed by atoms with E-state index in [9.17, 15) is 35.8 Å². The summed E-state index contributed by atoms with van der Waals surface area (Å²) < 4.78 is 63.2. The standard InChI is InChI=1S/C9H12N4O10S2/c1-3-9-5(10-7(15)12(9)23-4-2)6(14)11(24(17,18)19)8(16)13(9)25(20,21)22/h3-4H2,1-2H3,(H,17,18,19)(H,20,21,22). The van der Waals surface area contributed by atoms with Crippen molar-refractivity contribution in [1.82, 2.24) is 13.7 Å². The summed E-state index contributed by atoms with van der Waals surface area (Å²) in [6, 6.07) is -3.44. The molecule has 16 heteroatoms. The van der Waals surface area contributed by atoms with E-state index in [0.717, 1.165) is 0 Å². The summed E-state index contributed by atoms with van der Waals surface area (Å²) >= 11 is 0. The summed E-state index contributed by atoms with van der Waals surface area (Å²) in [5, 5.41) is 0.271. The molecule has 1 saturated heterocycles. The van der Waals surface area contributed by atoms with Gasteiger partial charge in [-0.3, -0.25) is 18.7 Å². The SMILES string of the molecule is CCON1C(=O)N=C2C(=O)N(S(=O)(=O)O)C(=O)N(S(=O)(=O)O)C21CC. The van der Waals surface area contributed by atoms with Crippen LogP contribution in [0.15, 0.2) is 4.99 Å². The van der Waals surface area contributed by atoms with Crippen molar-refractivity contribution in [2.75, 3.05) is 6.61 Å². The molecule has 0 aromatic rings. The van der Waals surface area contributed by atoms with E-state index in [1.807, 2.05) is 0 Å². The number of imide groups is 1. The molecule has 1 atom stereocenters. The Hall–Kier alpha value is -2.14. The third-order valence-corrected chi connectivity index (χ3v) is 5.08. The highest BCUT2D eigenvalue weighted by Crippen LogP contribution is 2.39. The van der Waals surface area contributed by atoms with E-state index in [0.29, 0.717) is 0 Å². The summed E-state index contributed by atoms with van der Waals surface area (Å²) in [6.07, 6.45) is -0.520. The molecular weight excluding hydrogens is 388 g/mol. The Morgan fingerprint density at radius 3 is 2.04 bits per heavy atom. The quantitative estimate of drug-likeness (QED) is 0.529. The summed E-state index contributed by atoms with van der Waals surface area (Å²) in [6.45, 7) is 2.39. The Bertz CT molecular complexity index is 893. The lowest BCUT2D eigenvalue weighted by Gasteiger charge is -2.45. The first-order valence-electron chi connectivity index (χ1n) is 6.54. The maximum Gasteiger partial charge on any atom is 0.370 e. The van der Waals surface area contributed by atoms with Crippen LogP contribution in [0.3, 0.4) is 0 Å². The molecule has 0 aromatic carbocycles. The molecule has 1 fully saturated rings. The maximum absolute atomic E-state index is 12.3. The number of fused-ring (bicyclic) bond motifs is 1. The molecule has 2 rings (SSSR count). The topological polar surface area (TPSA) is 191 Å². The zero-order valence-corrected chi connectivity index (χ0v) is 14.3. The molecule has 0 aliphatic carbocycles. The molecule has 2 aliphatic rings. The fourth-order valence-corrected chi connectivity index (χ4v) is 4.12. The van der Waals surface area contributed by atoms with E-state index < -0.39 is 65.0 Å². The molecule has 0 saturated carbocycles. The molecule has 2 N–H and O–H groups in total. The molecule has 140 valence electrons. The number of carbonyl (C=O) groups excluding carboxylic acids is 3. The van der Waals surface area contributed by atoms with Gasteiger partial charge in [-0.2, -0.15) is 31.2 Å². The minimum absolute atomic E-state index is 0.222. The van der Waals surface area contributed by atoms with Gasteiger partial charge in [-0.15, -0.1) is 4.31 Å². The zero-order chi connectivity index (χ0) is 19.4. The minimum Gasteiger partial charge on any atom is -0.269 e. The highest BCUT2D eigenvalue weighted by molar-refractivity contribution is 7.86. The van der Waals surface area contributed by atoms with Crippen molar-refractivity contribution < 1.29 is 45.2 Å². The number of urea groups is 2. The van der Waals surface area contributed by atoms with Gasteiger partial charge in [-0.25, -0.2) is 9.59 Å². The average Bonchev–Trinajstić information content (AvgIpc) is 2.71. The second-order valence-corrected chi connectivity index (χ2v) is 7.22. The molecular formula is C9H12N4O10S2. The number of amides is 5. The van der Waals surface area contributed by atoms with Crippen LogP contribution in [0.4, 0.5) is 9.59 Å². The van der Waals surface area contributed by atoms with Crippen molar-refractivity contribution >= 4 is 44.3 Å². The number of carbonyl (C=O) groups is 3. The number of aliphatic imine (C=N–C) groups is 1. The number of hydroxylamine groups is 2. The van der Waals surface area contributed by atoms with Gasteiger partial charge < -0.3 is 0 Å². The van der Waals surface area contributed by atoms with Gasteiger partial charge in [0.2, 0.25) is 5.66 Å². The van der Waals surface area contributed by atoms with Crippen LogP contribution >= 0.6 is 0 Å². The van der Waals surface area contributed by atoms with Gasteiger partial charge in [-0.05, 0) is 13.3 Å². The number of nitrogens with zero attached hydrogens (tertiary/aromatic N) is 4. The predicted octanol–water partition coefficient (Wildman–Crippen LogP) is -1.21. The third kappa shape index (κ3) is 2.58. The summed E-state index contributed by atoms with van der Waals surface area (Å²) in [5.41, 5.74) is -3.58. The van der Waals surface area contributed by atoms with Crippen LogP contribution in [-0.4, -0.2) is 75.6 Å². The molecule has 0 bridgehead atoms. The predicted molar refractivity (Wildman–Crippen MR) is 76.5 cm³/mol. The highest BCUT2D eigenvalue weighted by Gasteiger charge is 2.68. The molecule has 0 radical (unpaired) electrons. The monoisotopic (exact) mass is 400 g/mol. The van der Waals surface area contributed by atoms with Crippen LogP contribution in [-0.2, 0) is 30.2 Å². The average molecular weight is 400 g/mol. The minimum atomic E-state index is -5.57. The van der Waals surface area contributed by atoms with Crippen molar-refractivity contribution in [3.63, 3.8) is 0 Å². The second kappa shape index (κ2) is 5.70. The lowest BCUT2D eigenvalue weighted by Crippen LogP contribution is -2.75. The van der Waals surface area contributed by atoms with Gasteiger partial charge in [-0.1, -0.05) is 6.92 Å². The molecule has 2 heterocycles. The van der Waals surface area contributed by atoms with E-state index in [2.05, 4.69) is 4.99 Å². The first kappa shape index (κ1) is 19.2. The van der Waals surface area contributed by atoms with Crippen LogP contribution < -0.4 is 0 Å². The van der Waals surface area contributed by atoms with E-state index in [4.69, 9.17) is 9.39 Å². The van der Waals surface area contributed by atoms with Crippen molar-refractivity contribution in [3.05, 3.63) is 0 Å². The summed E-state index contributed by atoms with van der Waals surface area (Å²) in [5.74, 6) is -1.76. The lowest BCUT2D eigenvalue weighted by molar-refractivity contribution is -0.176. The third-order valence-electron chi connectivity index (χ3n) is 3.38. The largest absolute Gasteiger partial charge is 0.370 e. The van der Waals surface area contributed by atoms with Crippen LogP contribution in [0.5, 0.6) is 0 Å². The van der Waals surface area contributed by atoms with Gasteiger partial charge in [0.25, 0.3) is 5.91 Å². The van der Waals surface area contributed by atoms with Crippen LogP contribution in [0.25, 0.3) is 0 Å². The first-order chi connectivity index (χ1) is 11.3. The lowest BCUT2D eigenvalue weighted by atomic mass is 9.98. The summed E-state index contributed by atoms with van der Waals surface area (Å²) in [7, 11) is -11.1. The van der Waals surface area contributed by atoms with Gasteiger partial charge >= 0.3 is 32.7 Å². The van der Waals surface area contributed by atoms with Gasteiger partial charge in [0, 0.05) is 0 Å².